The van der Waals surface area contributed by atoms with Crippen molar-refractivity contribution in [2.75, 3.05) is 16.8 Å². The molecule has 6 nitrogen and oxygen atoms in total. The van der Waals surface area contributed by atoms with E-state index in [-0.39, 0.29) is 18.1 Å². The number of rotatable bonds is 13. The summed E-state index contributed by atoms with van der Waals surface area (Å²) in [6, 6.07) is 7.52. The van der Waals surface area contributed by atoms with Gasteiger partial charge in [0, 0.05) is 34.7 Å². The van der Waals surface area contributed by atoms with E-state index in [4.69, 9.17) is 9.66 Å². The fourth-order valence-corrected chi connectivity index (χ4v) is 4.16. The van der Waals surface area contributed by atoms with Crippen LogP contribution in [0.15, 0.2) is 29.2 Å². The number of nitrogens with one attached hydrogen (secondary N) is 1. The third-order valence-electron chi connectivity index (χ3n) is 3.51. The average molecular weight is 420 g/mol. The fourth-order valence-electron chi connectivity index (χ4n) is 2.22. The zero-order chi connectivity index (χ0) is 19.4. The zero-order valence-electron chi connectivity index (χ0n) is 14.5. The highest BCUT2D eigenvalue weighted by molar-refractivity contribution is 8.29. The first-order valence-electron chi connectivity index (χ1n) is 8.46. The van der Waals surface area contributed by atoms with Crippen molar-refractivity contribution in [2.45, 2.75) is 49.8 Å². The van der Waals surface area contributed by atoms with Crippen molar-refractivity contribution in [2.24, 2.45) is 0 Å². The number of thioether (sulfide) groups is 1. The number of unbranched alkanes of at least 4 members (excludes halogenated alkanes) is 3. The molecule has 0 aliphatic carbocycles. The minimum atomic E-state index is -3.08. The van der Waals surface area contributed by atoms with Gasteiger partial charge in [0.25, 0.3) is 0 Å². The van der Waals surface area contributed by atoms with Crippen LogP contribution in [-0.4, -0.2) is 37.3 Å². The summed E-state index contributed by atoms with van der Waals surface area (Å²) in [5, 5.41) is 11.5. The van der Waals surface area contributed by atoms with Crippen LogP contribution in [0.1, 0.15) is 44.9 Å². The molecule has 0 spiro atoms. The van der Waals surface area contributed by atoms with Crippen LogP contribution < -0.4 is 5.32 Å². The molecule has 0 aromatic heterocycles. The van der Waals surface area contributed by atoms with Gasteiger partial charge in [-0.05, 0) is 43.6 Å². The lowest BCUT2D eigenvalue weighted by Gasteiger charge is -2.11. The summed E-state index contributed by atoms with van der Waals surface area (Å²) in [5.74, 6) is 0.00440. The number of benzene rings is 1. The van der Waals surface area contributed by atoms with E-state index in [9.17, 15) is 13.8 Å². The van der Waals surface area contributed by atoms with Crippen LogP contribution in [0.25, 0.3) is 0 Å². The van der Waals surface area contributed by atoms with Gasteiger partial charge in [-0.15, -0.1) is 11.8 Å². The predicted octanol–water partition coefficient (Wildman–Crippen LogP) is 3.75. The van der Waals surface area contributed by atoms with E-state index in [0.717, 1.165) is 22.8 Å². The van der Waals surface area contributed by atoms with Crippen molar-refractivity contribution in [1.29, 1.82) is 0 Å². The number of carboxylic acids is 1. The van der Waals surface area contributed by atoms with Crippen molar-refractivity contribution >= 4 is 49.3 Å². The quantitative estimate of drug-likeness (QED) is 0.330. The molecule has 0 saturated heterocycles. The molecule has 1 atom stereocenters. The molecule has 0 aliphatic heterocycles. The van der Waals surface area contributed by atoms with Gasteiger partial charge >= 0.3 is 5.97 Å². The average Bonchev–Trinajstić information content (AvgIpc) is 2.54. The van der Waals surface area contributed by atoms with Crippen molar-refractivity contribution in [3.05, 3.63) is 24.3 Å². The molecule has 0 saturated carbocycles. The number of hydrogen-bond acceptors (Lipinski definition) is 5. The summed E-state index contributed by atoms with van der Waals surface area (Å²) in [4.78, 5) is 23.4. The molecule has 1 aromatic rings. The second kappa shape index (κ2) is 12.3. The predicted molar refractivity (Wildman–Crippen MR) is 109 cm³/mol. The normalized spacial score (nSPS) is 13.1. The Bertz CT molecular complexity index is 691. The molecule has 0 bridgehead atoms. The van der Waals surface area contributed by atoms with Gasteiger partial charge in [0.1, 0.15) is 8.77 Å². The second-order valence-electron chi connectivity index (χ2n) is 5.84. The summed E-state index contributed by atoms with van der Waals surface area (Å²) < 4.78 is 20.1. The van der Waals surface area contributed by atoms with Crippen LogP contribution in [0.3, 0.4) is 0 Å². The van der Waals surface area contributed by atoms with E-state index < -0.39 is 14.7 Å². The summed E-state index contributed by atoms with van der Waals surface area (Å²) >= 11 is 6.05. The monoisotopic (exact) mass is 419 g/mol. The van der Waals surface area contributed by atoms with Gasteiger partial charge in [-0.2, -0.15) is 0 Å². The van der Waals surface area contributed by atoms with Crippen molar-refractivity contribution in [3.63, 3.8) is 0 Å². The van der Waals surface area contributed by atoms with Crippen LogP contribution in [0, 0.1) is 0 Å². The molecule has 9 heteroatoms. The summed E-state index contributed by atoms with van der Waals surface area (Å²) in [6.45, 7) is 0. The van der Waals surface area contributed by atoms with E-state index in [1.54, 1.807) is 11.8 Å². The van der Waals surface area contributed by atoms with Gasteiger partial charge in [-0.1, -0.05) is 18.6 Å². The molecule has 0 aliphatic rings. The van der Waals surface area contributed by atoms with Crippen LogP contribution >= 0.6 is 11.8 Å². The van der Waals surface area contributed by atoms with E-state index >= 15 is 0 Å². The van der Waals surface area contributed by atoms with Crippen LogP contribution in [-0.2, 0) is 29.6 Å². The maximum atomic E-state index is 12.0. The van der Waals surface area contributed by atoms with Crippen molar-refractivity contribution < 1.29 is 23.5 Å². The molecular weight excluding hydrogens is 394 g/mol. The number of carboxylic acid groups (broad SMARTS) is 1. The second-order valence-corrected chi connectivity index (χ2v) is 10.1. The third-order valence-corrected chi connectivity index (χ3v) is 5.97. The summed E-state index contributed by atoms with van der Waals surface area (Å²) in [6.07, 6.45) is 3.82. The Labute approximate surface area is 163 Å². The van der Waals surface area contributed by atoms with E-state index in [0.29, 0.717) is 32.1 Å². The molecule has 1 unspecified atom stereocenters. The first kappa shape index (κ1) is 22.9. The molecule has 0 fully saturated rings. The minimum absolute atomic E-state index is 0.0838. The number of hydrogen-bond donors (Lipinski definition) is 3. The first-order chi connectivity index (χ1) is 12.3. The van der Waals surface area contributed by atoms with Gasteiger partial charge in [-0.3, -0.25) is 9.59 Å². The standard InChI is InChI=1S/C17H25NO5S3/c19-16(10-2-1-3-11-17(20)21)18-14-8-4-5-9-15(14)25-12-6-7-13-26(22,23)24/h4-5,8-9H,1-3,6-7,10-13H2,(H,18,19)(H,20,21)(H,22,23,24). The molecule has 1 aromatic carbocycles. The third kappa shape index (κ3) is 11.5. The summed E-state index contributed by atoms with van der Waals surface area (Å²) in [5.41, 5.74) is 0.752. The number of carbonyl (C=O) groups excluding carboxylic acids is 1. The van der Waals surface area contributed by atoms with Gasteiger partial charge < -0.3 is 15.0 Å². The lowest BCUT2D eigenvalue weighted by molar-refractivity contribution is -0.137. The largest absolute Gasteiger partial charge is 0.481 e. The highest BCUT2D eigenvalue weighted by Crippen LogP contribution is 2.28. The Morgan fingerprint density at radius 2 is 1.77 bits per heavy atom. The van der Waals surface area contributed by atoms with Crippen LogP contribution in [0.5, 0.6) is 0 Å². The number of amides is 1. The van der Waals surface area contributed by atoms with Crippen molar-refractivity contribution in [1.82, 2.24) is 0 Å². The SMILES string of the molecule is O=C(O)CCCCCC(=O)Nc1ccccc1SCCCCS(=O)(O)=S. The van der Waals surface area contributed by atoms with Gasteiger partial charge in [-0.25, -0.2) is 4.21 Å². The van der Waals surface area contributed by atoms with Gasteiger partial charge in [0.2, 0.25) is 5.91 Å². The lowest BCUT2D eigenvalue weighted by Crippen LogP contribution is -2.11. The van der Waals surface area contributed by atoms with E-state index in [1.165, 1.54) is 0 Å². The van der Waals surface area contributed by atoms with Gasteiger partial charge in [0.05, 0.1) is 5.69 Å². The highest BCUT2D eigenvalue weighted by Gasteiger charge is 2.08. The lowest BCUT2D eigenvalue weighted by atomic mass is 10.1. The van der Waals surface area contributed by atoms with Crippen LogP contribution in [0.4, 0.5) is 5.69 Å². The smallest absolute Gasteiger partial charge is 0.303 e. The zero-order valence-corrected chi connectivity index (χ0v) is 17.0. The topological polar surface area (TPSA) is 104 Å². The molecular formula is C17H25NO5S3. The molecule has 0 radical (unpaired) electrons. The summed E-state index contributed by atoms with van der Waals surface area (Å²) in [7, 11) is -3.08. The first-order valence-corrected chi connectivity index (χ1v) is 12.1. The fraction of sp³-hybridized carbons (Fsp3) is 0.529. The van der Waals surface area contributed by atoms with Crippen LogP contribution in [0.2, 0.25) is 0 Å². The van der Waals surface area contributed by atoms with E-state index in [2.05, 4.69) is 16.5 Å². The Morgan fingerprint density at radius 1 is 1.08 bits per heavy atom. The molecule has 1 rings (SSSR count). The van der Waals surface area contributed by atoms with Gasteiger partial charge in [0.15, 0.2) is 0 Å². The number of para-hydroxylation sites is 1. The molecule has 26 heavy (non-hydrogen) atoms. The van der Waals surface area contributed by atoms with Crippen molar-refractivity contribution in [3.8, 4) is 0 Å². The molecule has 1 amide bonds. The Balaban J connectivity index is 2.35. The molecule has 3 N–H and O–H groups in total. The Morgan fingerprint density at radius 3 is 2.46 bits per heavy atom. The number of aliphatic carboxylic acids is 1. The molecule has 0 heterocycles. The number of anilines is 1. The Kier molecular flexibility index (Phi) is 10.8. The molecule has 146 valence electrons. The number of carbonyl (C=O) groups is 2. The maximum Gasteiger partial charge on any atom is 0.303 e. The van der Waals surface area contributed by atoms with E-state index in [1.807, 2.05) is 24.3 Å². The Hall–Kier alpha value is -1.16. The maximum absolute atomic E-state index is 12.0. The highest BCUT2D eigenvalue weighted by atomic mass is 32.8. The minimum Gasteiger partial charge on any atom is -0.481 e.